The lowest BCUT2D eigenvalue weighted by Crippen LogP contribution is -2.39. The zero-order valence-corrected chi connectivity index (χ0v) is 19.3. The Morgan fingerprint density at radius 3 is 2.44 bits per heavy atom. The van der Waals surface area contributed by atoms with Gasteiger partial charge in [-0.1, -0.05) is 12.1 Å². The minimum absolute atomic E-state index is 0. The van der Waals surface area contributed by atoms with E-state index in [1.165, 1.54) is 10.5 Å². The van der Waals surface area contributed by atoms with Gasteiger partial charge in [-0.05, 0) is 37.9 Å². The van der Waals surface area contributed by atoms with Gasteiger partial charge in [-0.15, -0.1) is 35.7 Å². The van der Waals surface area contributed by atoms with Gasteiger partial charge in [0.1, 0.15) is 0 Å². The van der Waals surface area contributed by atoms with E-state index in [4.69, 9.17) is 9.73 Å². The molecule has 0 saturated heterocycles. The molecule has 0 heterocycles. The topological polar surface area (TPSA) is 40.1 Å². The Labute approximate surface area is 174 Å². The number of guanidine groups is 1. The summed E-state index contributed by atoms with van der Waals surface area (Å²) in [6.45, 7) is 7.20. The maximum Gasteiger partial charge on any atom is 0.194 e. The predicted molar refractivity (Wildman–Crippen MR) is 120 cm³/mol. The Bertz CT molecular complexity index is 484. The molecule has 0 aliphatic carbocycles. The molecule has 0 aromatic heterocycles. The predicted octanol–water partition coefficient (Wildman–Crippen LogP) is 3.00. The van der Waals surface area contributed by atoms with Crippen LogP contribution < -0.4 is 5.32 Å². The van der Waals surface area contributed by atoms with Gasteiger partial charge < -0.3 is 19.9 Å². The summed E-state index contributed by atoms with van der Waals surface area (Å²) in [4.78, 5) is 10.4. The van der Waals surface area contributed by atoms with E-state index in [-0.39, 0.29) is 24.0 Å². The van der Waals surface area contributed by atoms with Crippen molar-refractivity contribution < 1.29 is 4.74 Å². The first-order valence-corrected chi connectivity index (χ1v) is 9.63. The highest BCUT2D eigenvalue weighted by Crippen LogP contribution is 2.15. The average Bonchev–Trinajstić information content (AvgIpc) is 2.59. The van der Waals surface area contributed by atoms with Crippen molar-refractivity contribution in [2.45, 2.75) is 18.4 Å². The van der Waals surface area contributed by atoms with Crippen molar-refractivity contribution in [3.8, 4) is 0 Å². The molecule has 0 atom stereocenters. The average molecular weight is 480 g/mol. The molecule has 144 valence electrons. The van der Waals surface area contributed by atoms with Gasteiger partial charge in [-0.2, -0.15) is 0 Å². The lowest BCUT2D eigenvalue weighted by molar-refractivity contribution is 0.163. The second kappa shape index (κ2) is 14.6. The van der Waals surface area contributed by atoms with E-state index in [1.807, 2.05) is 0 Å². The van der Waals surface area contributed by atoms with Gasteiger partial charge >= 0.3 is 0 Å². The van der Waals surface area contributed by atoms with Crippen LogP contribution in [0.5, 0.6) is 0 Å². The van der Waals surface area contributed by atoms with Crippen LogP contribution in [0, 0.1) is 0 Å². The van der Waals surface area contributed by atoms with E-state index in [0.717, 1.165) is 45.3 Å². The summed E-state index contributed by atoms with van der Waals surface area (Å²) in [6.07, 6.45) is 2.10. The van der Waals surface area contributed by atoms with Crippen molar-refractivity contribution in [2.24, 2.45) is 4.99 Å². The second-order valence-electron chi connectivity index (χ2n) is 5.74. The monoisotopic (exact) mass is 480 g/mol. The first kappa shape index (κ1) is 24.5. The number of nitrogens with zero attached hydrogens (tertiary/aromatic N) is 3. The molecule has 0 spiro atoms. The van der Waals surface area contributed by atoms with E-state index in [0.29, 0.717) is 0 Å². The summed E-state index contributed by atoms with van der Waals surface area (Å²) < 4.78 is 5.10. The highest BCUT2D eigenvalue weighted by molar-refractivity contribution is 14.0. The molecule has 1 aromatic carbocycles. The van der Waals surface area contributed by atoms with Gasteiger partial charge in [0.2, 0.25) is 0 Å². The van der Waals surface area contributed by atoms with Crippen molar-refractivity contribution >= 4 is 41.7 Å². The minimum atomic E-state index is 0. The molecule has 0 fully saturated rings. The van der Waals surface area contributed by atoms with Crippen molar-refractivity contribution in [3.05, 3.63) is 29.8 Å². The summed E-state index contributed by atoms with van der Waals surface area (Å²) in [5.41, 5.74) is 1.29. The normalized spacial score (nSPS) is 11.4. The summed E-state index contributed by atoms with van der Waals surface area (Å²) >= 11 is 1.77. The third-order valence-corrected chi connectivity index (χ3v) is 4.44. The van der Waals surface area contributed by atoms with Crippen molar-refractivity contribution in [1.82, 2.24) is 15.1 Å². The van der Waals surface area contributed by atoms with Crippen LogP contribution in [0.1, 0.15) is 12.5 Å². The number of halogens is 1. The molecule has 0 amide bonds. The van der Waals surface area contributed by atoms with Crippen molar-refractivity contribution in [1.29, 1.82) is 0 Å². The number of hydrogen-bond donors (Lipinski definition) is 1. The molecule has 5 nitrogen and oxygen atoms in total. The Hall–Kier alpha value is -0.510. The zero-order chi connectivity index (χ0) is 17.8. The smallest absolute Gasteiger partial charge is 0.194 e. The molecule has 0 unspecified atom stereocenters. The third-order valence-electron chi connectivity index (χ3n) is 3.70. The largest absolute Gasteiger partial charge is 0.383 e. The van der Waals surface area contributed by atoms with E-state index in [9.17, 15) is 0 Å². The maximum absolute atomic E-state index is 5.10. The molecule has 0 radical (unpaired) electrons. The molecule has 25 heavy (non-hydrogen) atoms. The molecule has 0 aliphatic heterocycles. The molecule has 0 aliphatic rings. The Kier molecular flexibility index (Phi) is 14.3. The fraction of sp³-hybridized carbons (Fsp3) is 0.611. The van der Waals surface area contributed by atoms with Gasteiger partial charge in [0.15, 0.2) is 5.96 Å². The number of likely N-dealkylation sites (N-methyl/N-ethyl adjacent to an activating group) is 1. The third kappa shape index (κ3) is 10.3. The zero-order valence-electron chi connectivity index (χ0n) is 16.1. The number of ether oxygens (including phenoxy) is 1. The Morgan fingerprint density at radius 2 is 1.88 bits per heavy atom. The lowest BCUT2D eigenvalue weighted by atomic mass is 10.2. The van der Waals surface area contributed by atoms with E-state index < -0.39 is 0 Å². The van der Waals surface area contributed by atoms with Gasteiger partial charge in [-0.3, -0.25) is 4.99 Å². The highest BCUT2D eigenvalue weighted by Gasteiger charge is 2.07. The van der Waals surface area contributed by atoms with E-state index in [1.54, 1.807) is 18.9 Å². The van der Waals surface area contributed by atoms with E-state index >= 15 is 0 Å². The molecule has 1 rings (SSSR count). The molecular formula is C18H33IN4OS. The van der Waals surface area contributed by atoms with Gasteiger partial charge in [0.05, 0.1) is 13.2 Å². The summed E-state index contributed by atoms with van der Waals surface area (Å²) in [6, 6.07) is 8.71. The first-order chi connectivity index (χ1) is 11.6. The fourth-order valence-corrected chi connectivity index (χ4v) is 2.64. The Balaban J connectivity index is 0.00000576. The number of nitrogens with one attached hydrogen (secondary N) is 1. The van der Waals surface area contributed by atoms with Crippen molar-refractivity contribution in [2.75, 3.05) is 60.2 Å². The molecular weight excluding hydrogens is 447 g/mol. The quantitative estimate of drug-likeness (QED) is 0.241. The van der Waals surface area contributed by atoms with Crippen LogP contribution in [0.3, 0.4) is 0 Å². The summed E-state index contributed by atoms with van der Waals surface area (Å²) in [5, 5.41) is 3.37. The first-order valence-electron chi connectivity index (χ1n) is 8.40. The van der Waals surface area contributed by atoms with Crippen molar-refractivity contribution in [3.63, 3.8) is 0 Å². The van der Waals surface area contributed by atoms with Gasteiger partial charge in [0, 0.05) is 45.2 Å². The number of methoxy groups -OCH3 is 1. The molecule has 0 saturated carbocycles. The second-order valence-corrected chi connectivity index (χ2v) is 6.62. The maximum atomic E-state index is 5.10. The van der Waals surface area contributed by atoms with Crippen LogP contribution in [0.25, 0.3) is 0 Å². The SMILES string of the molecule is CCNC(=NCCN(C)CCOC)N(C)Cc1ccc(SC)cc1.I. The number of hydrogen-bond acceptors (Lipinski definition) is 4. The van der Waals surface area contributed by atoms with Gasteiger partial charge in [-0.25, -0.2) is 0 Å². The standard InChI is InChI=1S/C18H32N4OS.HI/c1-6-19-18(20-11-12-21(2)13-14-23-4)22(3)15-16-7-9-17(24-5)10-8-16;/h7-10H,6,11-15H2,1-5H3,(H,19,20);1H. The fourth-order valence-electron chi connectivity index (χ4n) is 2.23. The number of benzene rings is 1. The lowest BCUT2D eigenvalue weighted by Gasteiger charge is -2.23. The van der Waals surface area contributed by atoms with E-state index in [2.05, 4.69) is 66.7 Å². The van der Waals surface area contributed by atoms with Crippen LogP contribution in [0.4, 0.5) is 0 Å². The molecule has 7 heteroatoms. The molecule has 1 N–H and O–H groups in total. The number of thioether (sulfide) groups is 1. The van der Waals surface area contributed by atoms with Crippen LogP contribution >= 0.6 is 35.7 Å². The van der Waals surface area contributed by atoms with Crippen LogP contribution in [0.2, 0.25) is 0 Å². The van der Waals surface area contributed by atoms with Crippen LogP contribution in [-0.4, -0.2) is 76.0 Å². The molecule has 0 bridgehead atoms. The Morgan fingerprint density at radius 1 is 1.20 bits per heavy atom. The van der Waals surface area contributed by atoms with Crippen LogP contribution in [0.15, 0.2) is 34.2 Å². The molecule has 1 aromatic rings. The summed E-state index contributed by atoms with van der Waals surface area (Å²) in [7, 11) is 5.91. The van der Waals surface area contributed by atoms with Crippen LogP contribution in [-0.2, 0) is 11.3 Å². The highest BCUT2D eigenvalue weighted by atomic mass is 127. The summed E-state index contributed by atoms with van der Waals surface area (Å²) in [5.74, 6) is 0.951. The minimum Gasteiger partial charge on any atom is -0.383 e. The van der Waals surface area contributed by atoms with Gasteiger partial charge in [0.25, 0.3) is 0 Å². The number of rotatable bonds is 10. The number of aliphatic imine (C=N–C) groups is 1.